The Bertz CT molecular complexity index is 1290. The van der Waals surface area contributed by atoms with Crippen LogP contribution in [0.15, 0.2) is 72.8 Å². The fourth-order valence-electron chi connectivity index (χ4n) is 6.20. The van der Waals surface area contributed by atoms with Crippen molar-refractivity contribution in [3.63, 3.8) is 0 Å². The van der Waals surface area contributed by atoms with Crippen molar-refractivity contribution in [3.05, 3.63) is 95.3 Å². The minimum absolute atomic E-state index is 0.0189. The van der Waals surface area contributed by atoms with Gasteiger partial charge < -0.3 is 9.47 Å². The number of halogens is 1. The van der Waals surface area contributed by atoms with Crippen LogP contribution in [-0.4, -0.2) is 36.3 Å². The topological polar surface area (TPSA) is 38.8 Å². The molecule has 6 rings (SSSR count). The number of carbonyl (C=O) groups excluding carboxylic acids is 1. The van der Waals surface area contributed by atoms with Crippen LogP contribution in [0.4, 0.5) is 9.18 Å². The molecule has 3 aliphatic rings. The van der Waals surface area contributed by atoms with E-state index in [0.29, 0.717) is 30.9 Å². The van der Waals surface area contributed by atoms with E-state index in [-0.39, 0.29) is 29.9 Å². The number of piperidine rings is 1. The Morgan fingerprint density at radius 1 is 0.972 bits per heavy atom. The molecule has 2 atom stereocenters. The zero-order chi connectivity index (χ0) is 24.6. The van der Waals surface area contributed by atoms with E-state index >= 15 is 0 Å². The molecule has 2 aliphatic heterocycles. The molecule has 0 radical (unpaired) electrons. The number of ether oxygens (including phenoxy) is 2. The Balaban J connectivity index is 1.21. The van der Waals surface area contributed by atoms with Gasteiger partial charge in [0.05, 0.1) is 12.6 Å². The maximum atomic E-state index is 14.9. The predicted octanol–water partition coefficient (Wildman–Crippen LogP) is 7.18. The van der Waals surface area contributed by atoms with Gasteiger partial charge in [-0.05, 0) is 72.6 Å². The van der Waals surface area contributed by atoms with E-state index in [1.54, 1.807) is 6.07 Å². The van der Waals surface area contributed by atoms with Crippen molar-refractivity contribution in [1.29, 1.82) is 0 Å². The first-order chi connectivity index (χ1) is 17.6. The highest BCUT2D eigenvalue weighted by atomic mass is 19.1. The van der Waals surface area contributed by atoms with E-state index in [4.69, 9.17) is 9.47 Å². The number of amides is 1. The third-order valence-electron chi connectivity index (χ3n) is 7.78. The normalized spacial score (nSPS) is 20.4. The standard InChI is InChI=1S/C31H30FNO3/c1-2-35-23-14-15-24(30(32)18-23)20-16-21-8-7-9-22(17-20)33(21)31(34)36-19-29-27-12-5-3-10-25(27)26-11-4-6-13-28(26)29/h3-6,10-16,18,21-22,29H,2,7-9,17,19H2,1H3. The molecule has 0 saturated carbocycles. The van der Waals surface area contributed by atoms with Gasteiger partial charge in [0.1, 0.15) is 18.2 Å². The molecule has 4 nitrogen and oxygen atoms in total. The molecule has 5 heteroatoms. The monoisotopic (exact) mass is 483 g/mol. The highest BCUT2D eigenvalue weighted by Gasteiger charge is 2.39. The molecule has 184 valence electrons. The van der Waals surface area contributed by atoms with Gasteiger partial charge in [0.25, 0.3) is 0 Å². The number of fused-ring (bicyclic) bond motifs is 5. The van der Waals surface area contributed by atoms with Gasteiger partial charge in [0.2, 0.25) is 0 Å². The fourth-order valence-corrected chi connectivity index (χ4v) is 6.20. The molecule has 0 N–H and O–H groups in total. The summed E-state index contributed by atoms with van der Waals surface area (Å²) in [7, 11) is 0. The third kappa shape index (κ3) is 3.97. The smallest absolute Gasteiger partial charge is 0.410 e. The molecule has 3 aromatic carbocycles. The number of rotatable bonds is 5. The maximum Gasteiger partial charge on any atom is 0.410 e. The molecule has 0 spiro atoms. The molecule has 1 fully saturated rings. The molecule has 1 saturated heterocycles. The molecule has 2 unspecified atom stereocenters. The minimum Gasteiger partial charge on any atom is -0.494 e. The van der Waals surface area contributed by atoms with Crippen LogP contribution in [0.25, 0.3) is 16.7 Å². The fraction of sp³-hybridized carbons (Fsp3) is 0.323. The van der Waals surface area contributed by atoms with E-state index < -0.39 is 0 Å². The van der Waals surface area contributed by atoms with Gasteiger partial charge in [-0.1, -0.05) is 54.6 Å². The molecule has 1 amide bonds. The molecule has 3 aromatic rings. The number of nitrogens with zero attached hydrogens (tertiary/aromatic N) is 1. The number of hydrogen-bond acceptors (Lipinski definition) is 3. The van der Waals surface area contributed by atoms with Gasteiger partial charge in [0.15, 0.2) is 0 Å². The van der Waals surface area contributed by atoms with Gasteiger partial charge in [-0.3, -0.25) is 4.90 Å². The number of hydrogen-bond donors (Lipinski definition) is 0. The lowest BCUT2D eigenvalue weighted by atomic mass is 9.83. The van der Waals surface area contributed by atoms with Crippen LogP contribution in [-0.2, 0) is 4.74 Å². The second kappa shape index (κ2) is 9.45. The molecule has 36 heavy (non-hydrogen) atoms. The van der Waals surface area contributed by atoms with Crippen molar-refractivity contribution >= 4 is 11.7 Å². The Hall–Kier alpha value is -3.60. The molecule has 0 aromatic heterocycles. The summed E-state index contributed by atoms with van der Waals surface area (Å²) in [6.07, 6.45) is 5.24. The molecule has 2 heterocycles. The Morgan fingerprint density at radius 2 is 1.69 bits per heavy atom. The van der Waals surface area contributed by atoms with Gasteiger partial charge in [-0.25, -0.2) is 9.18 Å². The summed E-state index contributed by atoms with van der Waals surface area (Å²) >= 11 is 0. The third-order valence-corrected chi connectivity index (χ3v) is 7.78. The Kier molecular flexibility index (Phi) is 6.00. The van der Waals surface area contributed by atoms with Crippen LogP contribution in [0.1, 0.15) is 55.2 Å². The van der Waals surface area contributed by atoms with E-state index in [1.807, 2.05) is 30.0 Å². The average molecular weight is 484 g/mol. The van der Waals surface area contributed by atoms with Crippen LogP contribution in [0.2, 0.25) is 0 Å². The zero-order valence-electron chi connectivity index (χ0n) is 20.5. The first kappa shape index (κ1) is 22.8. The minimum atomic E-state index is -0.278. The summed E-state index contributed by atoms with van der Waals surface area (Å²) in [5.41, 5.74) is 6.41. The predicted molar refractivity (Wildman–Crippen MR) is 138 cm³/mol. The van der Waals surface area contributed by atoms with E-state index in [1.165, 1.54) is 28.3 Å². The molecular formula is C31H30FNO3. The summed E-state index contributed by atoms with van der Waals surface area (Å²) in [6.45, 7) is 2.70. The molecular weight excluding hydrogens is 453 g/mol. The van der Waals surface area contributed by atoms with Crippen LogP contribution in [0.5, 0.6) is 5.75 Å². The lowest BCUT2D eigenvalue weighted by Gasteiger charge is -2.44. The lowest BCUT2D eigenvalue weighted by Crippen LogP contribution is -2.52. The summed E-state index contributed by atoms with van der Waals surface area (Å²) < 4.78 is 26.3. The summed E-state index contributed by atoms with van der Waals surface area (Å²) in [4.78, 5) is 15.3. The van der Waals surface area contributed by atoms with Crippen molar-refractivity contribution < 1.29 is 18.7 Å². The van der Waals surface area contributed by atoms with Gasteiger partial charge in [-0.2, -0.15) is 0 Å². The molecule has 2 bridgehead atoms. The average Bonchev–Trinajstić information content (AvgIpc) is 3.20. The van der Waals surface area contributed by atoms with Crippen LogP contribution >= 0.6 is 0 Å². The SMILES string of the molecule is CCOc1ccc(C2=CC3CCCC(C2)N3C(=O)OCC2c3ccccc3-c3ccccc32)c(F)c1. The second-order valence-electron chi connectivity index (χ2n) is 9.83. The summed E-state index contributed by atoms with van der Waals surface area (Å²) in [5, 5.41) is 0. The van der Waals surface area contributed by atoms with Gasteiger partial charge in [-0.15, -0.1) is 0 Å². The van der Waals surface area contributed by atoms with Gasteiger partial charge >= 0.3 is 6.09 Å². The van der Waals surface area contributed by atoms with E-state index in [2.05, 4.69) is 42.5 Å². The van der Waals surface area contributed by atoms with Crippen molar-refractivity contribution in [1.82, 2.24) is 4.90 Å². The van der Waals surface area contributed by atoms with Gasteiger partial charge in [0, 0.05) is 23.6 Å². The maximum absolute atomic E-state index is 14.9. The van der Waals surface area contributed by atoms with E-state index in [0.717, 1.165) is 24.8 Å². The highest BCUT2D eigenvalue weighted by Crippen LogP contribution is 2.45. The van der Waals surface area contributed by atoms with Crippen LogP contribution < -0.4 is 4.74 Å². The van der Waals surface area contributed by atoms with Crippen LogP contribution in [0.3, 0.4) is 0 Å². The summed E-state index contributed by atoms with van der Waals surface area (Å²) in [6, 6.07) is 21.7. The Morgan fingerprint density at radius 3 is 2.36 bits per heavy atom. The molecule has 1 aliphatic carbocycles. The van der Waals surface area contributed by atoms with Crippen LogP contribution in [0, 0.1) is 5.82 Å². The Labute approximate surface area is 211 Å². The van der Waals surface area contributed by atoms with Crippen molar-refractivity contribution in [2.24, 2.45) is 0 Å². The van der Waals surface area contributed by atoms with Crippen molar-refractivity contribution in [2.45, 2.75) is 50.6 Å². The number of benzene rings is 3. The lowest BCUT2D eigenvalue weighted by molar-refractivity contribution is 0.0538. The number of carbonyl (C=O) groups is 1. The quantitative estimate of drug-likeness (QED) is 0.386. The zero-order valence-corrected chi connectivity index (χ0v) is 20.5. The van der Waals surface area contributed by atoms with Crippen molar-refractivity contribution in [2.75, 3.05) is 13.2 Å². The largest absolute Gasteiger partial charge is 0.494 e. The second-order valence-corrected chi connectivity index (χ2v) is 9.83. The first-order valence-corrected chi connectivity index (χ1v) is 12.9. The van der Waals surface area contributed by atoms with Crippen molar-refractivity contribution in [3.8, 4) is 16.9 Å². The highest BCUT2D eigenvalue weighted by molar-refractivity contribution is 5.79. The van der Waals surface area contributed by atoms with E-state index in [9.17, 15) is 9.18 Å². The first-order valence-electron chi connectivity index (χ1n) is 12.9. The summed E-state index contributed by atoms with van der Waals surface area (Å²) in [5.74, 6) is 0.297.